The second-order valence-electron chi connectivity index (χ2n) is 7.93. The van der Waals surface area contributed by atoms with Gasteiger partial charge in [0.25, 0.3) is 0 Å². The molecule has 0 amide bonds. The van der Waals surface area contributed by atoms with Gasteiger partial charge in [-0.3, -0.25) is 14.6 Å². The molecule has 1 aliphatic heterocycles. The Morgan fingerprint density at radius 1 is 1.07 bits per heavy atom. The summed E-state index contributed by atoms with van der Waals surface area (Å²) in [4.78, 5) is 28.8. The van der Waals surface area contributed by atoms with E-state index in [1.807, 2.05) is 23.1 Å². The minimum Gasteiger partial charge on any atom is -0.467 e. The van der Waals surface area contributed by atoms with Crippen LogP contribution < -0.4 is 5.73 Å². The molecule has 7 nitrogen and oxygen atoms in total. The molecule has 1 fully saturated rings. The Morgan fingerprint density at radius 2 is 1.67 bits per heavy atom. The molecule has 150 valence electrons. The molecule has 1 aromatic carbocycles. The van der Waals surface area contributed by atoms with Crippen LogP contribution in [-0.4, -0.2) is 66.3 Å². The Hall–Kier alpha value is -1.96. The zero-order chi connectivity index (χ0) is 20.1. The van der Waals surface area contributed by atoms with Gasteiger partial charge in [0.15, 0.2) is 5.66 Å². The number of hydrogen-bond acceptors (Lipinski definition) is 7. The number of nitrogens with zero attached hydrogens (tertiary/aromatic N) is 2. The van der Waals surface area contributed by atoms with E-state index in [0.29, 0.717) is 13.1 Å². The van der Waals surface area contributed by atoms with Crippen molar-refractivity contribution >= 4 is 11.9 Å². The molecule has 1 aliphatic rings. The Labute approximate surface area is 161 Å². The molecular formula is C20H31N3O4. The topological polar surface area (TPSA) is 85.1 Å². The van der Waals surface area contributed by atoms with E-state index < -0.39 is 23.2 Å². The molecule has 0 bridgehead atoms. The molecule has 2 rings (SSSR count). The molecule has 0 unspecified atom stereocenters. The second kappa shape index (κ2) is 8.82. The highest BCUT2D eigenvalue weighted by Gasteiger charge is 2.45. The van der Waals surface area contributed by atoms with Crippen LogP contribution in [0.1, 0.15) is 32.8 Å². The monoisotopic (exact) mass is 377 g/mol. The van der Waals surface area contributed by atoms with Gasteiger partial charge in [-0.1, -0.05) is 30.3 Å². The average Bonchev–Trinajstić information content (AvgIpc) is 2.60. The first-order chi connectivity index (χ1) is 12.6. The largest absolute Gasteiger partial charge is 0.467 e. The number of ether oxygens (including phenoxy) is 2. The van der Waals surface area contributed by atoms with E-state index in [4.69, 9.17) is 15.2 Å². The van der Waals surface area contributed by atoms with Crippen LogP contribution in [0, 0.1) is 0 Å². The number of hydrogen-bond donors (Lipinski definition) is 1. The van der Waals surface area contributed by atoms with Gasteiger partial charge < -0.3 is 15.2 Å². The summed E-state index contributed by atoms with van der Waals surface area (Å²) in [5.41, 5.74) is 5.46. The lowest BCUT2D eigenvalue weighted by Crippen LogP contribution is -2.67. The van der Waals surface area contributed by atoms with E-state index in [1.54, 1.807) is 20.8 Å². The smallest absolute Gasteiger partial charge is 0.341 e. The summed E-state index contributed by atoms with van der Waals surface area (Å²) in [6, 6.07) is 10.2. The van der Waals surface area contributed by atoms with Crippen molar-refractivity contribution in [3.05, 3.63) is 35.9 Å². The highest BCUT2D eigenvalue weighted by atomic mass is 16.6. The van der Waals surface area contributed by atoms with E-state index in [0.717, 1.165) is 19.6 Å². The standard InChI is InChI=1S/C20H31N3O4/c1-19(2,3)27-17(24)14-20(21,18(25)26-4)23-12-10-22(11-13-23)15-16-8-6-5-7-9-16/h5-9H,10-15,21H2,1-4H3/t20-/m0/s1. The first kappa shape index (κ1) is 21.3. The Balaban J connectivity index is 2.01. The lowest BCUT2D eigenvalue weighted by molar-refractivity contribution is -0.169. The molecule has 0 aromatic heterocycles. The molecule has 1 aromatic rings. The Bertz CT molecular complexity index is 636. The highest BCUT2D eigenvalue weighted by molar-refractivity contribution is 5.86. The summed E-state index contributed by atoms with van der Waals surface area (Å²) in [5, 5.41) is 0. The van der Waals surface area contributed by atoms with Crippen LogP contribution >= 0.6 is 0 Å². The molecule has 7 heteroatoms. The van der Waals surface area contributed by atoms with Crippen molar-refractivity contribution in [2.75, 3.05) is 33.3 Å². The SMILES string of the molecule is COC(=O)[C@](N)(CC(=O)OC(C)(C)C)N1CCN(Cc2ccccc2)CC1. The molecule has 1 atom stereocenters. The van der Waals surface area contributed by atoms with Gasteiger partial charge in [0.05, 0.1) is 13.5 Å². The maximum atomic E-state index is 12.4. The second-order valence-corrected chi connectivity index (χ2v) is 7.93. The van der Waals surface area contributed by atoms with Crippen molar-refractivity contribution in [2.24, 2.45) is 5.73 Å². The van der Waals surface area contributed by atoms with Gasteiger partial charge in [0, 0.05) is 32.7 Å². The fourth-order valence-electron chi connectivity index (χ4n) is 3.23. The van der Waals surface area contributed by atoms with Crippen LogP contribution in [0.3, 0.4) is 0 Å². The van der Waals surface area contributed by atoms with Crippen molar-refractivity contribution in [3.8, 4) is 0 Å². The van der Waals surface area contributed by atoms with Gasteiger partial charge in [-0.05, 0) is 26.3 Å². The zero-order valence-corrected chi connectivity index (χ0v) is 16.7. The number of esters is 2. The third-order valence-electron chi connectivity index (χ3n) is 4.56. The van der Waals surface area contributed by atoms with Gasteiger partial charge in [0.2, 0.25) is 0 Å². The van der Waals surface area contributed by atoms with Crippen molar-refractivity contribution < 1.29 is 19.1 Å². The van der Waals surface area contributed by atoms with Gasteiger partial charge in [-0.2, -0.15) is 0 Å². The summed E-state index contributed by atoms with van der Waals surface area (Å²) < 4.78 is 10.3. The maximum Gasteiger partial charge on any atom is 0.341 e. The van der Waals surface area contributed by atoms with E-state index in [-0.39, 0.29) is 6.42 Å². The third-order valence-corrected chi connectivity index (χ3v) is 4.56. The molecular weight excluding hydrogens is 346 g/mol. The number of nitrogens with two attached hydrogens (primary N) is 1. The fraction of sp³-hybridized carbons (Fsp3) is 0.600. The first-order valence-electron chi connectivity index (χ1n) is 9.24. The van der Waals surface area contributed by atoms with Crippen molar-refractivity contribution in [1.82, 2.24) is 9.80 Å². The minimum absolute atomic E-state index is 0.240. The fourth-order valence-corrected chi connectivity index (χ4v) is 3.23. The summed E-state index contributed by atoms with van der Waals surface area (Å²) in [6.07, 6.45) is -0.240. The number of piperazine rings is 1. The number of methoxy groups -OCH3 is 1. The van der Waals surface area contributed by atoms with Crippen LogP contribution in [0.4, 0.5) is 0 Å². The zero-order valence-electron chi connectivity index (χ0n) is 16.7. The summed E-state index contributed by atoms with van der Waals surface area (Å²) in [7, 11) is 1.28. The van der Waals surface area contributed by atoms with Crippen molar-refractivity contribution in [1.29, 1.82) is 0 Å². The number of carbonyl (C=O) groups excluding carboxylic acids is 2. The molecule has 1 saturated heterocycles. The van der Waals surface area contributed by atoms with E-state index in [2.05, 4.69) is 17.0 Å². The summed E-state index contributed by atoms with van der Waals surface area (Å²) in [6.45, 7) is 8.83. The predicted molar refractivity (Wildman–Crippen MR) is 103 cm³/mol. The quantitative estimate of drug-likeness (QED) is 0.749. The molecule has 0 aliphatic carbocycles. The number of rotatable bonds is 6. The molecule has 0 spiro atoms. The first-order valence-corrected chi connectivity index (χ1v) is 9.24. The number of carbonyl (C=O) groups is 2. The van der Waals surface area contributed by atoms with E-state index in [9.17, 15) is 9.59 Å². The molecule has 0 radical (unpaired) electrons. The van der Waals surface area contributed by atoms with Crippen LogP contribution in [0.15, 0.2) is 30.3 Å². The average molecular weight is 377 g/mol. The third kappa shape index (κ3) is 6.02. The van der Waals surface area contributed by atoms with Gasteiger partial charge >= 0.3 is 11.9 Å². The van der Waals surface area contributed by atoms with Gasteiger partial charge in [0.1, 0.15) is 5.60 Å². The van der Waals surface area contributed by atoms with Crippen LogP contribution in [-0.2, 0) is 25.6 Å². The van der Waals surface area contributed by atoms with Gasteiger partial charge in [-0.15, -0.1) is 0 Å². The minimum atomic E-state index is -1.52. The number of benzene rings is 1. The highest BCUT2D eigenvalue weighted by Crippen LogP contribution is 2.21. The van der Waals surface area contributed by atoms with Crippen LogP contribution in [0.2, 0.25) is 0 Å². The Kier molecular flexibility index (Phi) is 6.97. The normalized spacial score (nSPS) is 18.6. The van der Waals surface area contributed by atoms with Crippen molar-refractivity contribution in [3.63, 3.8) is 0 Å². The van der Waals surface area contributed by atoms with Gasteiger partial charge in [-0.25, -0.2) is 4.79 Å². The summed E-state index contributed by atoms with van der Waals surface area (Å²) >= 11 is 0. The lowest BCUT2D eigenvalue weighted by Gasteiger charge is -2.43. The van der Waals surface area contributed by atoms with Crippen LogP contribution in [0.5, 0.6) is 0 Å². The lowest BCUT2D eigenvalue weighted by atomic mass is 10.0. The summed E-state index contributed by atoms with van der Waals surface area (Å²) in [5.74, 6) is -1.13. The molecule has 0 saturated carbocycles. The van der Waals surface area contributed by atoms with E-state index in [1.165, 1.54) is 12.7 Å². The molecule has 27 heavy (non-hydrogen) atoms. The molecule has 2 N–H and O–H groups in total. The van der Waals surface area contributed by atoms with Crippen LogP contribution in [0.25, 0.3) is 0 Å². The Morgan fingerprint density at radius 3 is 2.19 bits per heavy atom. The molecule has 1 heterocycles. The van der Waals surface area contributed by atoms with E-state index >= 15 is 0 Å². The predicted octanol–water partition coefficient (Wildman–Crippen LogP) is 1.36. The van der Waals surface area contributed by atoms with Crippen molar-refractivity contribution in [2.45, 2.75) is 45.0 Å². The maximum absolute atomic E-state index is 12.4.